The van der Waals surface area contributed by atoms with Gasteiger partial charge in [0.05, 0.1) is 25.4 Å². The van der Waals surface area contributed by atoms with Gasteiger partial charge in [0, 0.05) is 13.5 Å². The van der Waals surface area contributed by atoms with Crippen LogP contribution in [0.2, 0.25) is 0 Å². The third-order valence-electron chi connectivity index (χ3n) is 3.39. The minimum Gasteiger partial charge on any atom is -0.490 e. The molecule has 1 heterocycles. The molecule has 19 heavy (non-hydrogen) atoms. The van der Waals surface area contributed by atoms with Crippen LogP contribution in [0.4, 0.5) is 0 Å². The van der Waals surface area contributed by atoms with Gasteiger partial charge in [-0.15, -0.1) is 0 Å². The summed E-state index contributed by atoms with van der Waals surface area (Å²) in [6.45, 7) is 3.45. The van der Waals surface area contributed by atoms with E-state index in [9.17, 15) is 0 Å². The van der Waals surface area contributed by atoms with Crippen molar-refractivity contribution in [3.63, 3.8) is 0 Å². The van der Waals surface area contributed by atoms with E-state index in [4.69, 9.17) is 20.1 Å². The lowest BCUT2D eigenvalue weighted by Gasteiger charge is -2.25. The van der Waals surface area contributed by atoms with E-state index in [0.717, 1.165) is 29.9 Å². The zero-order valence-electron chi connectivity index (χ0n) is 11.5. The van der Waals surface area contributed by atoms with Crippen molar-refractivity contribution in [3.05, 3.63) is 23.8 Å². The van der Waals surface area contributed by atoms with Gasteiger partial charge >= 0.3 is 0 Å². The van der Waals surface area contributed by atoms with Gasteiger partial charge in [-0.3, -0.25) is 11.3 Å². The largest absolute Gasteiger partial charge is 0.490 e. The first kappa shape index (κ1) is 14.1. The Morgan fingerprint density at radius 2 is 2.05 bits per heavy atom. The molecule has 0 fully saturated rings. The summed E-state index contributed by atoms with van der Waals surface area (Å²) in [5.74, 6) is 7.23. The average Bonchev–Trinajstić information content (AvgIpc) is 2.69. The molecule has 1 aromatic carbocycles. The lowest BCUT2D eigenvalue weighted by molar-refractivity contribution is 0.0650. The lowest BCUT2D eigenvalue weighted by atomic mass is 9.99. The van der Waals surface area contributed by atoms with Crippen LogP contribution in [0.5, 0.6) is 11.5 Å². The van der Waals surface area contributed by atoms with Crippen LogP contribution < -0.4 is 20.7 Å². The van der Waals surface area contributed by atoms with E-state index < -0.39 is 0 Å². The summed E-state index contributed by atoms with van der Waals surface area (Å²) in [6.07, 6.45) is 1.80. The summed E-state index contributed by atoms with van der Waals surface area (Å²) >= 11 is 0. The topological polar surface area (TPSA) is 65.7 Å². The van der Waals surface area contributed by atoms with Crippen LogP contribution in [0, 0.1) is 0 Å². The second-order valence-electron chi connectivity index (χ2n) is 4.58. The third kappa shape index (κ3) is 3.18. The number of nitrogens with two attached hydrogens (primary N) is 1. The number of hydrazine groups is 1. The van der Waals surface area contributed by atoms with Crippen LogP contribution in [-0.2, 0) is 4.74 Å². The maximum atomic E-state index is 5.70. The molecular formula is C14H22N2O3. The maximum absolute atomic E-state index is 5.70. The standard InChI is InChI=1S/C14H22N2O3/c1-3-11(17-2)14(16-15)10-5-6-12-13(9-10)19-8-4-7-18-12/h5-6,9,11,14,16H,3-4,7-8,15H2,1-2H3. The molecule has 5 heteroatoms. The number of fused-ring (bicyclic) bond motifs is 1. The van der Waals surface area contributed by atoms with Crippen molar-refractivity contribution in [2.24, 2.45) is 5.84 Å². The van der Waals surface area contributed by atoms with Crippen LogP contribution in [-0.4, -0.2) is 26.4 Å². The van der Waals surface area contributed by atoms with E-state index in [-0.39, 0.29) is 12.1 Å². The first-order valence-electron chi connectivity index (χ1n) is 6.68. The fourth-order valence-corrected chi connectivity index (χ4v) is 2.33. The molecule has 2 unspecified atom stereocenters. The normalized spacial score (nSPS) is 17.6. The van der Waals surface area contributed by atoms with Gasteiger partial charge in [-0.1, -0.05) is 13.0 Å². The highest BCUT2D eigenvalue weighted by molar-refractivity contribution is 5.44. The van der Waals surface area contributed by atoms with Gasteiger partial charge < -0.3 is 14.2 Å². The van der Waals surface area contributed by atoms with Gasteiger partial charge in [0.25, 0.3) is 0 Å². The van der Waals surface area contributed by atoms with E-state index in [0.29, 0.717) is 13.2 Å². The van der Waals surface area contributed by atoms with Crippen LogP contribution in [0.1, 0.15) is 31.4 Å². The summed E-state index contributed by atoms with van der Waals surface area (Å²) in [7, 11) is 1.70. The number of methoxy groups -OCH3 is 1. The van der Waals surface area contributed by atoms with Gasteiger partial charge in [-0.25, -0.2) is 0 Å². The predicted octanol–water partition coefficient (Wildman–Crippen LogP) is 1.78. The first-order chi connectivity index (χ1) is 9.30. The van der Waals surface area contributed by atoms with Crippen molar-refractivity contribution in [1.82, 2.24) is 5.43 Å². The third-order valence-corrected chi connectivity index (χ3v) is 3.39. The highest BCUT2D eigenvalue weighted by Gasteiger charge is 2.22. The number of ether oxygens (including phenoxy) is 3. The quantitative estimate of drug-likeness (QED) is 0.628. The Bertz CT molecular complexity index is 408. The molecule has 0 amide bonds. The summed E-state index contributed by atoms with van der Waals surface area (Å²) < 4.78 is 16.8. The molecule has 2 atom stereocenters. The van der Waals surface area contributed by atoms with Gasteiger partial charge in [0.2, 0.25) is 0 Å². The first-order valence-corrected chi connectivity index (χ1v) is 6.68. The van der Waals surface area contributed by atoms with E-state index in [1.807, 2.05) is 18.2 Å². The molecule has 0 bridgehead atoms. The zero-order chi connectivity index (χ0) is 13.7. The molecule has 0 aromatic heterocycles. The monoisotopic (exact) mass is 266 g/mol. The Balaban J connectivity index is 2.26. The van der Waals surface area contributed by atoms with Crippen LogP contribution in [0.3, 0.4) is 0 Å². The fourth-order valence-electron chi connectivity index (χ4n) is 2.33. The Labute approximate surface area is 114 Å². The van der Waals surface area contributed by atoms with Gasteiger partial charge in [-0.2, -0.15) is 0 Å². The highest BCUT2D eigenvalue weighted by atomic mass is 16.5. The van der Waals surface area contributed by atoms with E-state index >= 15 is 0 Å². The van der Waals surface area contributed by atoms with Crippen molar-refractivity contribution >= 4 is 0 Å². The molecule has 1 aromatic rings. The summed E-state index contributed by atoms with van der Waals surface area (Å²) in [4.78, 5) is 0. The van der Waals surface area contributed by atoms with E-state index in [1.165, 1.54) is 0 Å². The maximum Gasteiger partial charge on any atom is 0.161 e. The number of rotatable bonds is 5. The smallest absolute Gasteiger partial charge is 0.161 e. The average molecular weight is 266 g/mol. The number of benzene rings is 1. The fraction of sp³-hybridized carbons (Fsp3) is 0.571. The second kappa shape index (κ2) is 6.75. The highest BCUT2D eigenvalue weighted by Crippen LogP contribution is 2.33. The molecule has 0 spiro atoms. The van der Waals surface area contributed by atoms with Gasteiger partial charge in [0.1, 0.15) is 0 Å². The summed E-state index contributed by atoms with van der Waals surface area (Å²) in [6, 6.07) is 5.85. The Kier molecular flexibility index (Phi) is 5.01. The number of hydrogen-bond acceptors (Lipinski definition) is 5. The summed E-state index contributed by atoms with van der Waals surface area (Å²) in [5.41, 5.74) is 3.86. The molecule has 2 rings (SSSR count). The van der Waals surface area contributed by atoms with E-state index in [2.05, 4.69) is 12.3 Å². The molecule has 1 aliphatic heterocycles. The predicted molar refractivity (Wildman–Crippen MR) is 73.2 cm³/mol. The van der Waals surface area contributed by atoms with E-state index in [1.54, 1.807) is 7.11 Å². The molecule has 106 valence electrons. The minimum absolute atomic E-state index is 0.0229. The molecule has 0 saturated carbocycles. The van der Waals surface area contributed by atoms with Crippen molar-refractivity contribution < 1.29 is 14.2 Å². The Hall–Kier alpha value is -1.30. The van der Waals surface area contributed by atoms with Crippen LogP contribution >= 0.6 is 0 Å². The van der Waals surface area contributed by atoms with Gasteiger partial charge in [-0.05, 0) is 24.1 Å². The van der Waals surface area contributed by atoms with Crippen molar-refractivity contribution in [2.75, 3.05) is 20.3 Å². The minimum atomic E-state index is -0.0628. The molecular weight excluding hydrogens is 244 g/mol. The van der Waals surface area contributed by atoms with Crippen LogP contribution in [0.25, 0.3) is 0 Å². The number of hydrogen-bond donors (Lipinski definition) is 2. The molecule has 0 aliphatic carbocycles. The molecule has 0 saturated heterocycles. The molecule has 1 aliphatic rings. The van der Waals surface area contributed by atoms with Crippen molar-refractivity contribution in [3.8, 4) is 11.5 Å². The molecule has 0 radical (unpaired) electrons. The lowest BCUT2D eigenvalue weighted by Crippen LogP contribution is -2.37. The summed E-state index contributed by atoms with van der Waals surface area (Å²) in [5, 5.41) is 0. The Morgan fingerprint density at radius 3 is 2.68 bits per heavy atom. The SMILES string of the molecule is CCC(OC)C(NN)c1ccc2c(c1)OCCCO2. The second-order valence-corrected chi connectivity index (χ2v) is 4.58. The molecule has 3 N–H and O–H groups in total. The zero-order valence-corrected chi connectivity index (χ0v) is 11.5. The van der Waals surface area contributed by atoms with Crippen LogP contribution in [0.15, 0.2) is 18.2 Å². The van der Waals surface area contributed by atoms with Crippen molar-refractivity contribution in [1.29, 1.82) is 0 Å². The molecule has 5 nitrogen and oxygen atoms in total. The number of nitrogens with one attached hydrogen (secondary N) is 1. The Morgan fingerprint density at radius 1 is 1.32 bits per heavy atom. The van der Waals surface area contributed by atoms with Gasteiger partial charge in [0.15, 0.2) is 11.5 Å². The van der Waals surface area contributed by atoms with Crippen molar-refractivity contribution in [2.45, 2.75) is 31.9 Å².